The van der Waals surface area contributed by atoms with Crippen LogP contribution in [-0.2, 0) is 17.8 Å². The number of nitrogens with zero attached hydrogens (tertiary/aromatic N) is 6. The number of carbonyl (C=O) groups excluding carboxylic acids is 2. The fraction of sp³-hybridized carbons (Fsp3) is 0.200. The summed E-state index contributed by atoms with van der Waals surface area (Å²) in [6, 6.07) is 28.3. The highest BCUT2D eigenvalue weighted by Crippen LogP contribution is 2.34. The van der Waals surface area contributed by atoms with Crippen molar-refractivity contribution >= 4 is 56.8 Å². The number of ether oxygens (including phenoxy) is 1. The maximum absolute atomic E-state index is 13.6. The lowest BCUT2D eigenvalue weighted by Crippen LogP contribution is -2.24. The Bertz CT molecular complexity index is 2440. The molecule has 0 bridgehead atoms. The average molecular weight is 707 g/mol. The summed E-state index contributed by atoms with van der Waals surface area (Å²) in [6.07, 6.45) is 7.68. The molecule has 3 aromatic heterocycles. The fourth-order valence-electron chi connectivity index (χ4n) is 6.53. The molecule has 1 aliphatic heterocycles. The standard InChI is InChI=1S/C40H38N10O3/c1-2-3-9-29-23-36(50(48-29)30-10-6-8-26(21-30)25-49-20-7-13-38(49)51)45-40(52)44-34-16-17-35(32-12-5-4-11-31(32)34)53-37-18-19-41-39(46-37)43-28-14-15-33-27(22-28)24-42-47-33/h4-6,8,10-12,14-19,21-24H,2-3,7,9,13,20,25H2,1H3,(H,42,47)(H,41,43,46)(H2,44,45,52). The molecule has 1 fully saturated rings. The van der Waals surface area contributed by atoms with Gasteiger partial charge in [0.15, 0.2) is 0 Å². The molecule has 13 nitrogen and oxygen atoms in total. The average Bonchev–Trinajstić information content (AvgIpc) is 3.92. The maximum Gasteiger partial charge on any atom is 0.324 e. The summed E-state index contributed by atoms with van der Waals surface area (Å²) in [5.74, 6) is 2.04. The molecule has 1 saturated heterocycles. The molecule has 1 aliphatic rings. The number of aryl methyl sites for hydroxylation is 1. The lowest BCUT2D eigenvalue weighted by molar-refractivity contribution is -0.128. The van der Waals surface area contributed by atoms with E-state index in [9.17, 15) is 9.59 Å². The minimum absolute atomic E-state index is 0.179. The molecule has 266 valence electrons. The number of rotatable bonds is 12. The van der Waals surface area contributed by atoms with Gasteiger partial charge in [-0.15, -0.1) is 0 Å². The SMILES string of the molecule is CCCCc1cc(NC(=O)Nc2ccc(Oc3ccnc(Nc4ccc5[nH]ncc5c4)n3)c3ccccc23)n(-c2cccc(CN3CCCC3=O)c2)n1. The first-order valence-corrected chi connectivity index (χ1v) is 17.8. The number of benzene rings is 4. The Hall–Kier alpha value is -6.76. The number of hydrogen-bond donors (Lipinski definition) is 4. The van der Waals surface area contributed by atoms with Gasteiger partial charge in [-0.2, -0.15) is 15.2 Å². The number of urea groups is 1. The van der Waals surface area contributed by atoms with Crippen LogP contribution in [0.4, 0.5) is 27.9 Å². The van der Waals surface area contributed by atoms with Crippen LogP contribution in [0.3, 0.4) is 0 Å². The van der Waals surface area contributed by atoms with Crippen molar-refractivity contribution in [2.45, 2.75) is 45.6 Å². The van der Waals surface area contributed by atoms with Gasteiger partial charge in [-0.1, -0.05) is 49.7 Å². The van der Waals surface area contributed by atoms with Crippen molar-refractivity contribution in [2.75, 3.05) is 22.5 Å². The molecule has 0 aliphatic carbocycles. The number of fused-ring (bicyclic) bond motifs is 2. The molecule has 0 spiro atoms. The second-order valence-corrected chi connectivity index (χ2v) is 13.0. The predicted molar refractivity (Wildman–Crippen MR) is 205 cm³/mol. The number of anilines is 4. The maximum atomic E-state index is 13.6. The summed E-state index contributed by atoms with van der Waals surface area (Å²) in [5, 5.41) is 23.7. The van der Waals surface area contributed by atoms with E-state index < -0.39 is 6.03 Å². The van der Waals surface area contributed by atoms with E-state index >= 15 is 0 Å². The van der Waals surface area contributed by atoms with Crippen molar-refractivity contribution in [2.24, 2.45) is 0 Å². The largest absolute Gasteiger partial charge is 0.438 e. The molecule has 13 heteroatoms. The Balaban J connectivity index is 1.00. The lowest BCUT2D eigenvalue weighted by atomic mass is 10.1. The molecule has 3 amide bonds. The number of amides is 3. The van der Waals surface area contributed by atoms with Crippen LogP contribution in [0.15, 0.2) is 103 Å². The zero-order valence-electron chi connectivity index (χ0n) is 29.2. The Morgan fingerprint density at radius 3 is 2.74 bits per heavy atom. The molecule has 4 N–H and O–H groups in total. The number of aromatic nitrogens is 6. The van der Waals surface area contributed by atoms with Gasteiger partial charge < -0.3 is 20.3 Å². The zero-order chi connectivity index (χ0) is 36.1. The minimum atomic E-state index is -0.411. The Morgan fingerprint density at radius 2 is 1.87 bits per heavy atom. The molecular weight excluding hydrogens is 669 g/mol. The Morgan fingerprint density at radius 1 is 0.962 bits per heavy atom. The molecule has 0 unspecified atom stereocenters. The number of H-pyrrole nitrogens is 1. The van der Waals surface area contributed by atoms with Crippen LogP contribution in [0.1, 0.15) is 43.9 Å². The molecule has 8 rings (SSSR count). The van der Waals surface area contributed by atoms with Crippen LogP contribution in [0.25, 0.3) is 27.4 Å². The van der Waals surface area contributed by atoms with Gasteiger partial charge in [0, 0.05) is 59.7 Å². The van der Waals surface area contributed by atoms with Gasteiger partial charge in [-0.25, -0.2) is 14.5 Å². The Labute approximate surface area is 305 Å². The van der Waals surface area contributed by atoms with Crippen molar-refractivity contribution < 1.29 is 14.3 Å². The molecule has 53 heavy (non-hydrogen) atoms. The quantitative estimate of drug-likeness (QED) is 0.0989. The van der Waals surface area contributed by atoms with E-state index in [1.54, 1.807) is 23.1 Å². The predicted octanol–water partition coefficient (Wildman–Crippen LogP) is 8.34. The molecule has 0 saturated carbocycles. The van der Waals surface area contributed by atoms with Crippen molar-refractivity contribution in [3.8, 4) is 17.3 Å². The highest BCUT2D eigenvalue weighted by molar-refractivity contribution is 6.07. The topological polar surface area (TPSA) is 155 Å². The van der Waals surface area contributed by atoms with E-state index in [0.717, 1.165) is 76.5 Å². The second-order valence-electron chi connectivity index (χ2n) is 13.0. The van der Waals surface area contributed by atoms with Crippen molar-refractivity contribution in [1.82, 2.24) is 34.8 Å². The van der Waals surface area contributed by atoms with E-state index in [2.05, 4.69) is 43.0 Å². The molecule has 7 aromatic rings. The first-order chi connectivity index (χ1) is 26.0. The second kappa shape index (κ2) is 14.8. The van der Waals surface area contributed by atoms with Gasteiger partial charge in [0.25, 0.3) is 0 Å². The van der Waals surface area contributed by atoms with Gasteiger partial charge in [-0.05, 0) is 67.3 Å². The third-order valence-corrected chi connectivity index (χ3v) is 9.16. The van der Waals surface area contributed by atoms with Crippen LogP contribution in [0.5, 0.6) is 11.6 Å². The van der Waals surface area contributed by atoms with E-state index in [0.29, 0.717) is 42.0 Å². The monoisotopic (exact) mass is 706 g/mol. The molecule has 4 aromatic carbocycles. The van der Waals surface area contributed by atoms with Gasteiger partial charge in [-0.3, -0.25) is 15.2 Å². The molecule has 0 radical (unpaired) electrons. The van der Waals surface area contributed by atoms with Gasteiger partial charge in [0.05, 0.1) is 28.8 Å². The van der Waals surface area contributed by atoms with Crippen molar-refractivity contribution in [3.63, 3.8) is 0 Å². The molecule has 4 heterocycles. The number of likely N-dealkylation sites (tertiary alicyclic amines) is 1. The van der Waals surface area contributed by atoms with E-state index in [-0.39, 0.29) is 5.91 Å². The van der Waals surface area contributed by atoms with Crippen molar-refractivity contribution in [1.29, 1.82) is 0 Å². The summed E-state index contributed by atoms with van der Waals surface area (Å²) < 4.78 is 8.03. The highest BCUT2D eigenvalue weighted by atomic mass is 16.5. The van der Waals surface area contributed by atoms with Crippen LogP contribution < -0.4 is 20.7 Å². The summed E-state index contributed by atoms with van der Waals surface area (Å²) >= 11 is 0. The highest BCUT2D eigenvalue weighted by Gasteiger charge is 2.21. The first-order valence-electron chi connectivity index (χ1n) is 17.8. The number of aromatic amines is 1. The summed E-state index contributed by atoms with van der Waals surface area (Å²) in [5.41, 5.74) is 5.07. The normalized spacial score (nSPS) is 12.8. The van der Waals surface area contributed by atoms with Gasteiger partial charge in [0.1, 0.15) is 11.6 Å². The van der Waals surface area contributed by atoms with Crippen LogP contribution in [0, 0.1) is 0 Å². The van der Waals surface area contributed by atoms with Crippen molar-refractivity contribution in [3.05, 3.63) is 115 Å². The number of unbranched alkanes of at least 4 members (excludes halogenated alkanes) is 1. The first kappa shape index (κ1) is 33.4. The molecular formula is C40H38N10O3. The van der Waals surface area contributed by atoms with Gasteiger partial charge >= 0.3 is 6.03 Å². The third kappa shape index (κ3) is 7.49. The summed E-state index contributed by atoms with van der Waals surface area (Å²) in [6.45, 7) is 3.45. The minimum Gasteiger partial charge on any atom is -0.438 e. The fourth-order valence-corrected chi connectivity index (χ4v) is 6.53. The zero-order valence-corrected chi connectivity index (χ0v) is 29.2. The van der Waals surface area contributed by atoms with E-state index in [1.807, 2.05) is 89.8 Å². The van der Waals surface area contributed by atoms with Gasteiger partial charge in [0.2, 0.25) is 17.7 Å². The smallest absolute Gasteiger partial charge is 0.324 e. The molecule has 0 atom stereocenters. The van der Waals surface area contributed by atoms with E-state index in [4.69, 9.17) is 9.84 Å². The van der Waals surface area contributed by atoms with Crippen LogP contribution >= 0.6 is 0 Å². The van der Waals surface area contributed by atoms with Crippen LogP contribution in [-0.4, -0.2) is 53.3 Å². The number of carbonyl (C=O) groups is 2. The lowest BCUT2D eigenvalue weighted by Gasteiger charge is -2.17. The van der Waals surface area contributed by atoms with Crippen LogP contribution in [0.2, 0.25) is 0 Å². The summed E-state index contributed by atoms with van der Waals surface area (Å²) in [7, 11) is 0. The number of hydrogen-bond acceptors (Lipinski definition) is 8. The summed E-state index contributed by atoms with van der Waals surface area (Å²) in [4.78, 5) is 36.7. The third-order valence-electron chi connectivity index (χ3n) is 9.16. The van der Waals surface area contributed by atoms with E-state index in [1.165, 1.54) is 0 Å². The Kier molecular flexibility index (Phi) is 9.35. The number of nitrogens with one attached hydrogen (secondary N) is 4.